The van der Waals surface area contributed by atoms with Crippen molar-refractivity contribution in [2.75, 3.05) is 32.7 Å². The average Bonchev–Trinajstić information content (AvgIpc) is 2.39. The third kappa shape index (κ3) is 4.77. The number of nitrogens with one attached hydrogen (secondary N) is 2. The van der Waals surface area contributed by atoms with E-state index in [2.05, 4.69) is 29.4 Å². The molecule has 2 aliphatic rings. The van der Waals surface area contributed by atoms with Crippen LogP contribution in [-0.2, 0) is 4.79 Å². The lowest BCUT2D eigenvalue weighted by atomic mass is 9.98. The summed E-state index contributed by atoms with van der Waals surface area (Å²) in [5.41, 5.74) is 0. The fraction of sp³-hybridized carbons (Fsp3) is 0.933. The quantitative estimate of drug-likeness (QED) is 0.805. The van der Waals surface area contributed by atoms with Crippen LogP contribution in [0.2, 0.25) is 0 Å². The summed E-state index contributed by atoms with van der Waals surface area (Å²) in [5.74, 6) is 1.22. The van der Waals surface area contributed by atoms with Crippen molar-refractivity contribution in [2.45, 2.75) is 45.6 Å². The van der Waals surface area contributed by atoms with Gasteiger partial charge in [0, 0.05) is 25.7 Å². The zero-order chi connectivity index (χ0) is 13.7. The van der Waals surface area contributed by atoms with Crippen LogP contribution in [0, 0.1) is 11.8 Å². The van der Waals surface area contributed by atoms with E-state index in [-0.39, 0.29) is 17.9 Å². The molecule has 2 aliphatic heterocycles. The van der Waals surface area contributed by atoms with Gasteiger partial charge < -0.3 is 15.5 Å². The zero-order valence-corrected chi connectivity index (χ0v) is 12.5. The maximum absolute atomic E-state index is 12.1. The summed E-state index contributed by atoms with van der Waals surface area (Å²) in [5, 5.41) is 6.50. The molecule has 110 valence electrons. The summed E-state index contributed by atoms with van der Waals surface area (Å²) in [6.07, 6.45) is 4.81. The Kier molecular flexibility index (Phi) is 5.64. The predicted octanol–water partition coefficient (Wildman–Crippen LogP) is 1.22. The molecule has 0 aromatic heterocycles. The molecule has 0 radical (unpaired) electrons. The second-order valence-electron chi connectivity index (χ2n) is 6.46. The highest BCUT2D eigenvalue weighted by molar-refractivity contribution is 5.79. The molecule has 2 N–H and O–H groups in total. The standard InChI is InChI=1S/C15H29N3O/c1-12-5-4-8-18(10-12)11-13(2)17-15(19)14-6-3-7-16-9-14/h12-14,16H,3-11H2,1-2H3,(H,17,19). The summed E-state index contributed by atoms with van der Waals surface area (Å²) < 4.78 is 0. The summed E-state index contributed by atoms with van der Waals surface area (Å²) in [4.78, 5) is 14.6. The molecule has 4 nitrogen and oxygen atoms in total. The molecular formula is C15H29N3O. The third-order valence-corrected chi connectivity index (χ3v) is 4.33. The topological polar surface area (TPSA) is 44.4 Å². The molecule has 0 saturated carbocycles. The first-order valence-electron chi connectivity index (χ1n) is 7.88. The Morgan fingerprint density at radius 1 is 1.42 bits per heavy atom. The number of likely N-dealkylation sites (tertiary alicyclic amines) is 1. The van der Waals surface area contributed by atoms with Crippen molar-refractivity contribution < 1.29 is 4.79 Å². The minimum atomic E-state index is 0.177. The van der Waals surface area contributed by atoms with Crippen molar-refractivity contribution in [3.05, 3.63) is 0 Å². The molecule has 2 heterocycles. The second-order valence-corrected chi connectivity index (χ2v) is 6.46. The molecule has 2 saturated heterocycles. The summed E-state index contributed by atoms with van der Waals surface area (Å²) in [6.45, 7) is 9.73. The first-order chi connectivity index (χ1) is 9.15. The largest absolute Gasteiger partial charge is 0.352 e. The van der Waals surface area contributed by atoms with Crippen LogP contribution >= 0.6 is 0 Å². The summed E-state index contributed by atoms with van der Waals surface area (Å²) >= 11 is 0. The van der Waals surface area contributed by atoms with Crippen LogP contribution in [0.15, 0.2) is 0 Å². The van der Waals surface area contributed by atoms with Gasteiger partial charge in [0.05, 0.1) is 5.92 Å². The van der Waals surface area contributed by atoms with Gasteiger partial charge >= 0.3 is 0 Å². The van der Waals surface area contributed by atoms with E-state index < -0.39 is 0 Å². The van der Waals surface area contributed by atoms with Crippen LogP contribution in [-0.4, -0.2) is 49.6 Å². The lowest BCUT2D eigenvalue weighted by Gasteiger charge is -2.33. The molecule has 19 heavy (non-hydrogen) atoms. The number of hydrogen-bond acceptors (Lipinski definition) is 3. The maximum Gasteiger partial charge on any atom is 0.224 e. The van der Waals surface area contributed by atoms with Gasteiger partial charge in [-0.1, -0.05) is 6.92 Å². The Bertz CT molecular complexity index is 289. The van der Waals surface area contributed by atoms with Crippen LogP contribution < -0.4 is 10.6 Å². The van der Waals surface area contributed by atoms with Crippen LogP contribution in [0.25, 0.3) is 0 Å². The Morgan fingerprint density at radius 2 is 2.26 bits per heavy atom. The average molecular weight is 267 g/mol. The van der Waals surface area contributed by atoms with E-state index in [4.69, 9.17) is 0 Å². The van der Waals surface area contributed by atoms with E-state index in [9.17, 15) is 4.79 Å². The van der Waals surface area contributed by atoms with E-state index in [0.29, 0.717) is 0 Å². The fourth-order valence-corrected chi connectivity index (χ4v) is 3.32. The highest BCUT2D eigenvalue weighted by Gasteiger charge is 2.23. The Morgan fingerprint density at radius 3 is 2.95 bits per heavy atom. The molecule has 2 rings (SSSR count). The zero-order valence-electron chi connectivity index (χ0n) is 12.5. The first-order valence-corrected chi connectivity index (χ1v) is 7.88. The molecule has 0 bridgehead atoms. The van der Waals surface area contributed by atoms with Crippen LogP contribution in [0.3, 0.4) is 0 Å². The Hall–Kier alpha value is -0.610. The smallest absolute Gasteiger partial charge is 0.224 e. The molecule has 2 fully saturated rings. The minimum absolute atomic E-state index is 0.177. The predicted molar refractivity (Wildman–Crippen MR) is 78.0 cm³/mol. The van der Waals surface area contributed by atoms with Gasteiger partial charge in [-0.05, 0) is 51.6 Å². The van der Waals surface area contributed by atoms with Crippen LogP contribution in [0.5, 0.6) is 0 Å². The van der Waals surface area contributed by atoms with Gasteiger partial charge in [0.2, 0.25) is 5.91 Å². The molecule has 4 heteroatoms. The highest BCUT2D eigenvalue weighted by Crippen LogP contribution is 2.15. The molecule has 3 atom stereocenters. The van der Waals surface area contributed by atoms with Gasteiger partial charge in [0.15, 0.2) is 0 Å². The number of rotatable bonds is 4. The first kappa shape index (κ1) is 14.8. The van der Waals surface area contributed by atoms with E-state index in [1.807, 2.05) is 0 Å². The monoisotopic (exact) mass is 267 g/mol. The SMILES string of the molecule is CC1CCCN(CC(C)NC(=O)C2CCCNC2)C1. The summed E-state index contributed by atoms with van der Waals surface area (Å²) in [6, 6.07) is 0.264. The van der Waals surface area contributed by atoms with Gasteiger partial charge in [-0.2, -0.15) is 0 Å². The van der Waals surface area contributed by atoms with Gasteiger partial charge in [-0.15, -0.1) is 0 Å². The lowest BCUT2D eigenvalue weighted by molar-refractivity contribution is -0.126. The van der Waals surface area contributed by atoms with Crippen molar-refractivity contribution in [1.82, 2.24) is 15.5 Å². The summed E-state index contributed by atoms with van der Waals surface area (Å²) in [7, 11) is 0. The maximum atomic E-state index is 12.1. The van der Waals surface area contributed by atoms with Crippen molar-refractivity contribution in [3.8, 4) is 0 Å². The fourth-order valence-electron chi connectivity index (χ4n) is 3.32. The molecule has 0 aromatic rings. The van der Waals surface area contributed by atoms with E-state index in [1.54, 1.807) is 0 Å². The molecule has 3 unspecified atom stereocenters. The third-order valence-electron chi connectivity index (χ3n) is 4.33. The molecule has 1 amide bonds. The van der Waals surface area contributed by atoms with E-state index in [0.717, 1.165) is 38.4 Å². The highest BCUT2D eigenvalue weighted by atomic mass is 16.2. The van der Waals surface area contributed by atoms with Crippen LogP contribution in [0.1, 0.15) is 39.5 Å². The molecule has 0 aliphatic carbocycles. The van der Waals surface area contributed by atoms with Gasteiger partial charge in [0.1, 0.15) is 0 Å². The number of nitrogens with zero attached hydrogens (tertiary/aromatic N) is 1. The number of carbonyl (C=O) groups excluding carboxylic acids is 1. The molecule has 0 aromatic carbocycles. The van der Waals surface area contributed by atoms with E-state index >= 15 is 0 Å². The van der Waals surface area contributed by atoms with Crippen molar-refractivity contribution >= 4 is 5.91 Å². The van der Waals surface area contributed by atoms with Crippen molar-refractivity contribution in [1.29, 1.82) is 0 Å². The van der Waals surface area contributed by atoms with Gasteiger partial charge in [-0.3, -0.25) is 4.79 Å². The van der Waals surface area contributed by atoms with Crippen LogP contribution in [0.4, 0.5) is 0 Å². The molecule has 0 spiro atoms. The second kappa shape index (κ2) is 7.25. The number of piperidine rings is 2. The minimum Gasteiger partial charge on any atom is -0.352 e. The number of amides is 1. The number of carbonyl (C=O) groups is 1. The Labute approximate surface area is 117 Å². The number of hydrogen-bond donors (Lipinski definition) is 2. The van der Waals surface area contributed by atoms with Gasteiger partial charge in [-0.25, -0.2) is 0 Å². The normalized spacial score (nSPS) is 30.8. The van der Waals surface area contributed by atoms with Crippen molar-refractivity contribution in [3.63, 3.8) is 0 Å². The van der Waals surface area contributed by atoms with E-state index in [1.165, 1.54) is 25.9 Å². The molecular weight excluding hydrogens is 238 g/mol. The lowest BCUT2D eigenvalue weighted by Crippen LogP contribution is -2.48. The van der Waals surface area contributed by atoms with Gasteiger partial charge in [0.25, 0.3) is 0 Å². The van der Waals surface area contributed by atoms with Crippen molar-refractivity contribution in [2.24, 2.45) is 11.8 Å². The Balaban J connectivity index is 1.70.